The number of hydrogen-bond donors (Lipinski definition) is 0. The zero-order chi connectivity index (χ0) is 17.8. The monoisotopic (exact) mass is 345 g/mol. The van der Waals surface area contributed by atoms with Crippen LogP contribution in [-0.2, 0) is 4.74 Å². The summed E-state index contributed by atoms with van der Waals surface area (Å²) in [5, 5.41) is 20.1. The molecule has 9 nitrogen and oxygen atoms in total. The molecule has 0 spiro atoms. The lowest BCUT2D eigenvalue weighted by Gasteiger charge is -2.39. The number of piperazine rings is 1. The largest absolute Gasteiger partial charge is 0.378 e. The Morgan fingerprint density at radius 2 is 1.76 bits per heavy atom. The highest BCUT2D eigenvalue weighted by Gasteiger charge is 2.27. The van der Waals surface area contributed by atoms with Gasteiger partial charge in [0.2, 0.25) is 0 Å². The van der Waals surface area contributed by atoms with E-state index in [-0.39, 0.29) is 17.3 Å². The van der Waals surface area contributed by atoms with E-state index < -0.39 is 4.92 Å². The fourth-order valence-corrected chi connectivity index (χ4v) is 3.10. The first kappa shape index (κ1) is 17.0. The molecule has 0 aromatic heterocycles. The number of benzene rings is 1. The van der Waals surface area contributed by atoms with Gasteiger partial charge in [-0.1, -0.05) is 0 Å². The Hall–Kier alpha value is -2.86. The summed E-state index contributed by atoms with van der Waals surface area (Å²) in [5.41, 5.74) is 0.857. The van der Waals surface area contributed by atoms with Gasteiger partial charge in [0.05, 0.1) is 29.4 Å². The first-order chi connectivity index (χ1) is 12.1. The Balaban J connectivity index is 1.65. The number of carbonyl (C=O) groups excluding carboxylic acids is 1. The van der Waals surface area contributed by atoms with Crippen LogP contribution in [0.5, 0.6) is 0 Å². The number of ether oxygens (including phenoxy) is 1. The quantitative estimate of drug-likeness (QED) is 0.586. The van der Waals surface area contributed by atoms with Crippen LogP contribution >= 0.6 is 0 Å². The normalized spacial score (nSPS) is 18.0. The summed E-state index contributed by atoms with van der Waals surface area (Å²) in [6, 6.07) is 6.35. The van der Waals surface area contributed by atoms with Gasteiger partial charge in [-0.3, -0.25) is 10.1 Å². The third-order valence-electron chi connectivity index (χ3n) is 4.48. The number of nitriles is 1. The van der Waals surface area contributed by atoms with Gasteiger partial charge in [-0.25, -0.2) is 4.79 Å². The number of rotatable bonds is 2. The Bertz CT molecular complexity index is 703. The van der Waals surface area contributed by atoms with Gasteiger partial charge in [0, 0.05) is 51.4 Å². The minimum atomic E-state index is -0.510. The van der Waals surface area contributed by atoms with Gasteiger partial charge in [0.25, 0.3) is 5.69 Å². The van der Waals surface area contributed by atoms with Gasteiger partial charge in [0.15, 0.2) is 0 Å². The summed E-state index contributed by atoms with van der Waals surface area (Å²) in [6.07, 6.45) is 0. The van der Waals surface area contributed by atoms with Gasteiger partial charge in [-0.2, -0.15) is 5.26 Å². The van der Waals surface area contributed by atoms with Crippen LogP contribution in [0.2, 0.25) is 0 Å². The molecule has 0 bridgehead atoms. The number of hydrogen-bond acceptors (Lipinski definition) is 6. The minimum Gasteiger partial charge on any atom is -0.378 e. The molecule has 0 aliphatic carbocycles. The Morgan fingerprint density at radius 1 is 1.12 bits per heavy atom. The maximum absolute atomic E-state index is 12.5. The summed E-state index contributed by atoms with van der Waals surface area (Å²) >= 11 is 0. The molecule has 2 aliphatic heterocycles. The third kappa shape index (κ3) is 3.64. The molecule has 9 heteroatoms. The molecule has 0 atom stereocenters. The molecule has 0 N–H and O–H groups in total. The third-order valence-corrected chi connectivity index (χ3v) is 4.48. The number of nitrogens with zero attached hydrogens (tertiary/aromatic N) is 5. The van der Waals surface area contributed by atoms with Crippen molar-refractivity contribution in [3.8, 4) is 6.07 Å². The standard InChI is InChI=1S/C16H19N5O4/c17-12-13-11-14(21(23)24)1-2-15(13)18-3-5-19(6-4-18)16(22)20-7-9-25-10-8-20/h1-2,11H,3-10H2. The van der Waals surface area contributed by atoms with E-state index in [4.69, 9.17) is 4.74 Å². The topological polar surface area (TPSA) is 103 Å². The van der Waals surface area contributed by atoms with E-state index in [9.17, 15) is 20.2 Å². The van der Waals surface area contributed by atoms with Crippen LogP contribution in [0, 0.1) is 21.4 Å². The lowest BCUT2D eigenvalue weighted by atomic mass is 10.1. The summed E-state index contributed by atoms with van der Waals surface area (Å²) < 4.78 is 5.26. The van der Waals surface area contributed by atoms with Crippen LogP contribution in [0.3, 0.4) is 0 Å². The van der Waals surface area contributed by atoms with E-state index in [2.05, 4.69) is 0 Å². The summed E-state index contributed by atoms with van der Waals surface area (Å²) in [6.45, 7) is 4.64. The molecule has 0 saturated carbocycles. The highest BCUT2D eigenvalue weighted by atomic mass is 16.6. The predicted octanol–water partition coefficient (Wildman–Crippen LogP) is 1.04. The maximum atomic E-state index is 12.5. The first-order valence-corrected chi connectivity index (χ1v) is 8.15. The molecule has 0 radical (unpaired) electrons. The van der Waals surface area contributed by atoms with Crippen molar-refractivity contribution in [1.82, 2.24) is 9.80 Å². The average Bonchev–Trinajstić information content (AvgIpc) is 2.67. The van der Waals surface area contributed by atoms with Crippen LogP contribution in [0.4, 0.5) is 16.2 Å². The second kappa shape index (κ2) is 7.36. The molecule has 2 heterocycles. The fraction of sp³-hybridized carbons (Fsp3) is 0.500. The van der Waals surface area contributed by atoms with Crippen molar-refractivity contribution in [2.24, 2.45) is 0 Å². The van der Waals surface area contributed by atoms with Crippen LogP contribution in [0.1, 0.15) is 5.56 Å². The molecular weight excluding hydrogens is 326 g/mol. The Kier molecular flexibility index (Phi) is 5.00. The van der Waals surface area contributed by atoms with Gasteiger partial charge in [-0.05, 0) is 6.07 Å². The number of nitro benzene ring substituents is 1. The second-order valence-corrected chi connectivity index (χ2v) is 5.93. The molecule has 3 rings (SSSR count). The SMILES string of the molecule is N#Cc1cc([N+](=O)[O-])ccc1N1CCN(C(=O)N2CCOCC2)CC1. The smallest absolute Gasteiger partial charge is 0.320 e. The number of carbonyl (C=O) groups is 1. The van der Waals surface area contributed by atoms with Crippen LogP contribution in [0.15, 0.2) is 18.2 Å². The Morgan fingerprint density at radius 3 is 2.36 bits per heavy atom. The van der Waals surface area contributed by atoms with E-state index in [1.807, 2.05) is 11.0 Å². The Labute approximate surface area is 145 Å². The number of amides is 2. The molecule has 132 valence electrons. The van der Waals surface area contributed by atoms with Gasteiger partial charge in [0.1, 0.15) is 6.07 Å². The number of non-ortho nitro benzene ring substituents is 1. The first-order valence-electron chi connectivity index (χ1n) is 8.15. The highest BCUT2D eigenvalue weighted by Crippen LogP contribution is 2.26. The fourth-order valence-electron chi connectivity index (χ4n) is 3.10. The van der Waals surface area contributed by atoms with Crippen molar-refractivity contribution < 1.29 is 14.5 Å². The molecule has 0 unspecified atom stereocenters. The number of urea groups is 1. The number of nitro groups is 1. The van der Waals surface area contributed by atoms with Gasteiger partial charge in [-0.15, -0.1) is 0 Å². The summed E-state index contributed by atoms with van der Waals surface area (Å²) in [5.74, 6) is 0. The molecule has 2 fully saturated rings. The molecule has 2 amide bonds. The summed E-state index contributed by atoms with van der Waals surface area (Å²) in [7, 11) is 0. The van der Waals surface area contributed by atoms with E-state index in [1.165, 1.54) is 12.1 Å². The summed E-state index contributed by atoms with van der Waals surface area (Å²) in [4.78, 5) is 28.4. The van der Waals surface area contributed by atoms with Crippen LogP contribution < -0.4 is 4.90 Å². The minimum absolute atomic E-state index is 0.0205. The highest BCUT2D eigenvalue weighted by molar-refractivity contribution is 5.75. The van der Waals surface area contributed by atoms with E-state index in [0.717, 1.165) is 0 Å². The molecule has 1 aromatic rings. The number of morpholine rings is 1. The van der Waals surface area contributed by atoms with Crippen molar-refractivity contribution >= 4 is 17.4 Å². The van der Waals surface area contributed by atoms with E-state index >= 15 is 0 Å². The molecular formula is C16H19N5O4. The van der Waals surface area contributed by atoms with Crippen molar-refractivity contribution in [2.45, 2.75) is 0 Å². The molecule has 2 aliphatic rings. The van der Waals surface area contributed by atoms with Gasteiger partial charge < -0.3 is 19.4 Å². The zero-order valence-electron chi connectivity index (χ0n) is 13.8. The van der Waals surface area contributed by atoms with Crippen LogP contribution in [0.25, 0.3) is 0 Å². The maximum Gasteiger partial charge on any atom is 0.320 e. The zero-order valence-corrected chi connectivity index (χ0v) is 13.8. The lowest BCUT2D eigenvalue weighted by molar-refractivity contribution is -0.384. The average molecular weight is 345 g/mol. The van der Waals surface area contributed by atoms with Gasteiger partial charge >= 0.3 is 6.03 Å². The predicted molar refractivity (Wildman–Crippen MR) is 89.4 cm³/mol. The molecule has 2 saturated heterocycles. The van der Waals surface area contributed by atoms with Crippen molar-refractivity contribution in [1.29, 1.82) is 5.26 Å². The second-order valence-electron chi connectivity index (χ2n) is 5.93. The lowest BCUT2D eigenvalue weighted by Crippen LogP contribution is -2.54. The molecule has 1 aromatic carbocycles. The van der Waals surface area contributed by atoms with Crippen molar-refractivity contribution in [2.75, 3.05) is 57.4 Å². The van der Waals surface area contributed by atoms with E-state index in [1.54, 1.807) is 15.9 Å². The number of anilines is 1. The molecule has 25 heavy (non-hydrogen) atoms. The van der Waals surface area contributed by atoms with Crippen LogP contribution in [-0.4, -0.2) is 73.2 Å². The van der Waals surface area contributed by atoms with E-state index in [0.29, 0.717) is 58.2 Å². The van der Waals surface area contributed by atoms with Crippen molar-refractivity contribution in [3.63, 3.8) is 0 Å². The van der Waals surface area contributed by atoms with Crippen molar-refractivity contribution in [3.05, 3.63) is 33.9 Å².